The van der Waals surface area contributed by atoms with Crippen LogP contribution in [-0.4, -0.2) is 30.4 Å². The van der Waals surface area contributed by atoms with Crippen LogP contribution in [0.1, 0.15) is 56.9 Å². The highest BCUT2D eigenvalue weighted by atomic mass is 16.5. The molecule has 1 aliphatic carbocycles. The predicted molar refractivity (Wildman–Crippen MR) is 105 cm³/mol. The lowest BCUT2D eigenvalue weighted by Gasteiger charge is -2.38. The van der Waals surface area contributed by atoms with E-state index < -0.39 is 0 Å². The number of methoxy groups -OCH3 is 1. The van der Waals surface area contributed by atoms with Gasteiger partial charge in [-0.2, -0.15) is 0 Å². The SMILES string of the molecule is COc1ccc(CNC(=O)CCCC(=O)N2CCCC3CCCC=C32)cc1. The van der Waals surface area contributed by atoms with Gasteiger partial charge in [0, 0.05) is 31.6 Å². The first-order chi connectivity index (χ1) is 13.2. The first kappa shape index (κ1) is 19.5. The van der Waals surface area contributed by atoms with Gasteiger partial charge in [-0.15, -0.1) is 0 Å². The van der Waals surface area contributed by atoms with E-state index in [0.717, 1.165) is 30.7 Å². The summed E-state index contributed by atoms with van der Waals surface area (Å²) in [5.41, 5.74) is 2.28. The average molecular weight is 370 g/mol. The zero-order valence-corrected chi connectivity index (χ0v) is 16.2. The number of hydrogen-bond acceptors (Lipinski definition) is 3. The highest BCUT2D eigenvalue weighted by Gasteiger charge is 2.29. The van der Waals surface area contributed by atoms with Gasteiger partial charge in [0.05, 0.1) is 7.11 Å². The van der Waals surface area contributed by atoms with Crippen LogP contribution < -0.4 is 10.1 Å². The highest BCUT2D eigenvalue weighted by molar-refractivity contribution is 5.80. The summed E-state index contributed by atoms with van der Waals surface area (Å²) in [6.07, 6.45) is 9.53. The second-order valence-electron chi connectivity index (χ2n) is 7.42. The number of hydrogen-bond donors (Lipinski definition) is 1. The first-order valence-electron chi connectivity index (χ1n) is 10.1. The summed E-state index contributed by atoms with van der Waals surface area (Å²) >= 11 is 0. The van der Waals surface area contributed by atoms with Crippen molar-refractivity contribution >= 4 is 11.8 Å². The molecule has 1 heterocycles. The van der Waals surface area contributed by atoms with Crippen molar-refractivity contribution in [3.8, 4) is 5.75 Å². The molecule has 1 atom stereocenters. The molecular weight excluding hydrogens is 340 g/mol. The Bertz CT molecular complexity index is 681. The standard InChI is InChI=1S/C22H30N2O3/c1-27-19-13-11-17(12-14-19)16-23-21(25)9-4-10-22(26)24-15-5-7-18-6-2-3-8-20(18)24/h8,11-14,18H,2-7,9-10,15-16H2,1H3,(H,23,25). The molecule has 0 aromatic heterocycles. The van der Waals surface area contributed by atoms with E-state index >= 15 is 0 Å². The van der Waals surface area contributed by atoms with E-state index in [1.165, 1.54) is 25.0 Å². The van der Waals surface area contributed by atoms with Gasteiger partial charge < -0.3 is 15.0 Å². The van der Waals surface area contributed by atoms with Crippen molar-refractivity contribution in [3.63, 3.8) is 0 Å². The summed E-state index contributed by atoms with van der Waals surface area (Å²) in [5.74, 6) is 1.55. The number of nitrogens with zero attached hydrogens (tertiary/aromatic N) is 1. The molecule has 146 valence electrons. The van der Waals surface area contributed by atoms with Gasteiger partial charge in [0.2, 0.25) is 11.8 Å². The molecule has 3 rings (SSSR count). The van der Waals surface area contributed by atoms with Crippen molar-refractivity contribution in [1.29, 1.82) is 0 Å². The molecule has 1 N–H and O–H groups in total. The molecule has 0 bridgehead atoms. The minimum absolute atomic E-state index is 0.00739. The number of carbonyl (C=O) groups excluding carboxylic acids is 2. The van der Waals surface area contributed by atoms with Crippen molar-refractivity contribution in [2.75, 3.05) is 13.7 Å². The first-order valence-corrected chi connectivity index (χ1v) is 10.1. The molecule has 0 saturated carbocycles. The number of benzene rings is 1. The Labute approximate surface area is 161 Å². The number of carbonyl (C=O) groups is 2. The van der Waals surface area contributed by atoms with Gasteiger partial charge >= 0.3 is 0 Å². The highest BCUT2D eigenvalue weighted by Crippen LogP contribution is 2.35. The zero-order valence-electron chi connectivity index (χ0n) is 16.2. The predicted octanol–water partition coefficient (Wildman–Crippen LogP) is 3.79. The molecule has 1 aromatic carbocycles. The van der Waals surface area contributed by atoms with Crippen molar-refractivity contribution in [2.24, 2.45) is 5.92 Å². The number of allylic oxidation sites excluding steroid dienone is 2. The van der Waals surface area contributed by atoms with E-state index in [1.807, 2.05) is 29.2 Å². The number of ether oxygens (including phenoxy) is 1. The van der Waals surface area contributed by atoms with Gasteiger partial charge in [0.25, 0.3) is 0 Å². The fourth-order valence-electron chi connectivity index (χ4n) is 4.01. The van der Waals surface area contributed by atoms with E-state index in [0.29, 0.717) is 31.7 Å². The summed E-state index contributed by atoms with van der Waals surface area (Å²) in [6.45, 7) is 1.34. The monoisotopic (exact) mass is 370 g/mol. The van der Waals surface area contributed by atoms with E-state index in [9.17, 15) is 9.59 Å². The van der Waals surface area contributed by atoms with Crippen molar-refractivity contribution in [1.82, 2.24) is 10.2 Å². The second kappa shape index (κ2) is 9.58. The number of likely N-dealkylation sites (tertiary alicyclic amines) is 1. The van der Waals surface area contributed by atoms with Crippen LogP contribution in [-0.2, 0) is 16.1 Å². The van der Waals surface area contributed by atoms with E-state index in [2.05, 4.69) is 11.4 Å². The lowest BCUT2D eigenvalue weighted by atomic mass is 9.85. The summed E-state index contributed by atoms with van der Waals surface area (Å²) in [5, 5.41) is 2.92. The maximum absolute atomic E-state index is 12.6. The van der Waals surface area contributed by atoms with Gasteiger partial charge in [0.1, 0.15) is 5.75 Å². The third-order valence-electron chi connectivity index (χ3n) is 5.52. The van der Waals surface area contributed by atoms with Crippen LogP contribution in [0.25, 0.3) is 0 Å². The Morgan fingerprint density at radius 2 is 1.93 bits per heavy atom. The molecule has 0 spiro atoms. The molecule has 5 heteroatoms. The molecule has 1 unspecified atom stereocenters. The van der Waals surface area contributed by atoms with E-state index in [4.69, 9.17) is 4.74 Å². The van der Waals surface area contributed by atoms with Crippen molar-refractivity contribution < 1.29 is 14.3 Å². The minimum atomic E-state index is -0.00739. The van der Waals surface area contributed by atoms with Crippen LogP contribution in [0.3, 0.4) is 0 Å². The normalized spacial score (nSPS) is 19.1. The van der Waals surface area contributed by atoms with Crippen LogP contribution in [0.2, 0.25) is 0 Å². The summed E-state index contributed by atoms with van der Waals surface area (Å²) in [7, 11) is 1.63. The van der Waals surface area contributed by atoms with Gasteiger partial charge in [-0.25, -0.2) is 0 Å². The quantitative estimate of drug-likeness (QED) is 0.794. The summed E-state index contributed by atoms with van der Waals surface area (Å²) in [4.78, 5) is 26.7. The zero-order chi connectivity index (χ0) is 19.1. The Hall–Kier alpha value is -2.30. The Morgan fingerprint density at radius 1 is 1.15 bits per heavy atom. The largest absolute Gasteiger partial charge is 0.497 e. The third kappa shape index (κ3) is 5.34. The fourth-order valence-corrected chi connectivity index (χ4v) is 4.01. The number of amides is 2. The molecule has 2 aliphatic rings. The molecule has 1 aromatic rings. The maximum atomic E-state index is 12.6. The smallest absolute Gasteiger partial charge is 0.226 e. The second-order valence-corrected chi connectivity index (χ2v) is 7.42. The van der Waals surface area contributed by atoms with Gasteiger partial charge in [-0.1, -0.05) is 18.2 Å². The summed E-state index contributed by atoms with van der Waals surface area (Å²) in [6, 6.07) is 7.64. The number of nitrogens with one attached hydrogen (secondary N) is 1. The molecule has 1 saturated heterocycles. The summed E-state index contributed by atoms with van der Waals surface area (Å²) < 4.78 is 5.13. The molecule has 27 heavy (non-hydrogen) atoms. The van der Waals surface area contributed by atoms with Crippen LogP contribution in [0, 0.1) is 5.92 Å². The minimum Gasteiger partial charge on any atom is -0.497 e. The maximum Gasteiger partial charge on any atom is 0.226 e. The van der Waals surface area contributed by atoms with Gasteiger partial charge in [-0.05, 0) is 62.1 Å². The lowest BCUT2D eigenvalue weighted by Crippen LogP contribution is -2.39. The Kier molecular flexibility index (Phi) is 6.91. The molecular formula is C22H30N2O3. The Morgan fingerprint density at radius 3 is 2.70 bits per heavy atom. The molecule has 0 radical (unpaired) electrons. The molecule has 5 nitrogen and oxygen atoms in total. The molecule has 1 aliphatic heterocycles. The third-order valence-corrected chi connectivity index (χ3v) is 5.52. The van der Waals surface area contributed by atoms with Gasteiger partial charge in [-0.3, -0.25) is 9.59 Å². The Balaban J connectivity index is 1.39. The molecule has 1 fully saturated rings. The fraction of sp³-hybridized carbons (Fsp3) is 0.545. The van der Waals surface area contributed by atoms with Gasteiger partial charge in [0.15, 0.2) is 0 Å². The number of fused-ring (bicyclic) bond motifs is 1. The topological polar surface area (TPSA) is 58.6 Å². The van der Waals surface area contributed by atoms with Crippen LogP contribution in [0.4, 0.5) is 0 Å². The lowest BCUT2D eigenvalue weighted by molar-refractivity contribution is -0.130. The molecule has 2 amide bonds. The van der Waals surface area contributed by atoms with Crippen LogP contribution in [0.15, 0.2) is 36.0 Å². The van der Waals surface area contributed by atoms with Crippen molar-refractivity contribution in [2.45, 2.75) is 57.9 Å². The van der Waals surface area contributed by atoms with Crippen molar-refractivity contribution in [3.05, 3.63) is 41.6 Å². The number of rotatable bonds is 7. The van der Waals surface area contributed by atoms with E-state index in [-0.39, 0.29) is 11.8 Å². The van der Waals surface area contributed by atoms with Crippen LogP contribution >= 0.6 is 0 Å². The van der Waals surface area contributed by atoms with Crippen LogP contribution in [0.5, 0.6) is 5.75 Å². The number of piperidine rings is 1. The average Bonchev–Trinajstić information content (AvgIpc) is 2.72. The van der Waals surface area contributed by atoms with E-state index in [1.54, 1.807) is 7.11 Å².